The molecular weight excluding hydrogens is 440 g/mol. The van der Waals surface area contributed by atoms with E-state index in [-0.39, 0.29) is 19.0 Å². The average molecular weight is 455 g/mol. The number of nitrogens with zero attached hydrogens (tertiary/aromatic N) is 4. The van der Waals surface area contributed by atoms with Crippen molar-refractivity contribution in [1.82, 2.24) is 18.6 Å². The highest BCUT2D eigenvalue weighted by Crippen LogP contribution is 2.29. The van der Waals surface area contributed by atoms with Gasteiger partial charge in [-0.1, -0.05) is 0 Å². The predicted molar refractivity (Wildman–Crippen MR) is 102 cm³/mol. The van der Waals surface area contributed by atoms with Crippen LogP contribution in [0.1, 0.15) is 10.4 Å². The highest BCUT2D eigenvalue weighted by atomic mass is 79.9. The van der Waals surface area contributed by atoms with Gasteiger partial charge in [0.1, 0.15) is 9.86 Å². The van der Waals surface area contributed by atoms with E-state index in [0.717, 1.165) is 9.43 Å². The number of halogens is 1. The Morgan fingerprint density at radius 3 is 2.58 bits per heavy atom. The first kappa shape index (κ1) is 17.7. The molecular formula is C16H15BrN4O3S2. The number of aromatic nitrogens is 2. The molecule has 1 amide bonds. The summed E-state index contributed by atoms with van der Waals surface area (Å²) in [5, 5.41) is 0. The highest BCUT2D eigenvalue weighted by molar-refractivity contribution is 9.11. The smallest absolute Gasteiger partial charge is 0.255 e. The zero-order chi connectivity index (χ0) is 18.3. The van der Waals surface area contributed by atoms with Crippen LogP contribution < -0.4 is 0 Å². The van der Waals surface area contributed by atoms with Gasteiger partial charge >= 0.3 is 0 Å². The van der Waals surface area contributed by atoms with E-state index < -0.39 is 10.0 Å². The SMILES string of the molecule is O=C(c1ccc2nccn2c1)N1CCN(S(=O)(=O)c2ccc(Br)s2)CC1. The van der Waals surface area contributed by atoms with E-state index in [1.54, 1.807) is 52.2 Å². The number of hydrogen-bond donors (Lipinski definition) is 0. The van der Waals surface area contributed by atoms with Crippen molar-refractivity contribution >= 4 is 48.8 Å². The first-order valence-electron chi connectivity index (χ1n) is 7.93. The minimum absolute atomic E-state index is 0.100. The van der Waals surface area contributed by atoms with Gasteiger partial charge in [0, 0.05) is 44.8 Å². The number of amides is 1. The molecule has 7 nitrogen and oxygen atoms in total. The number of carbonyl (C=O) groups excluding carboxylic acids is 1. The summed E-state index contributed by atoms with van der Waals surface area (Å²) in [7, 11) is -3.50. The number of piperazine rings is 1. The van der Waals surface area contributed by atoms with Crippen LogP contribution in [0.25, 0.3) is 5.65 Å². The lowest BCUT2D eigenvalue weighted by Crippen LogP contribution is -2.50. The number of fused-ring (bicyclic) bond motifs is 1. The Morgan fingerprint density at radius 1 is 1.12 bits per heavy atom. The summed E-state index contributed by atoms with van der Waals surface area (Å²) in [5.41, 5.74) is 1.34. The quantitative estimate of drug-likeness (QED) is 0.608. The normalized spacial score (nSPS) is 16.3. The van der Waals surface area contributed by atoms with Crippen LogP contribution in [0.2, 0.25) is 0 Å². The van der Waals surface area contributed by atoms with Gasteiger partial charge in [-0.3, -0.25) is 4.79 Å². The third-order valence-electron chi connectivity index (χ3n) is 4.30. The second kappa shape index (κ2) is 6.76. The van der Waals surface area contributed by atoms with Gasteiger partial charge in [0.2, 0.25) is 0 Å². The molecule has 3 aromatic heterocycles. The van der Waals surface area contributed by atoms with E-state index in [0.29, 0.717) is 22.9 Å². The van der Waals surface area contributed by atoms with Gasteiger partial charge in [0.15, 0.2) is 0 Å². The number of sulfonamides is 1. The van der Waals surface area contributed by atoms with Gasteiger partial charge < -0.3 is 9.30 Å². The lowest BCUT2D eigenvalue weighted by Gasteiger charge is -2.33. The molecule has 1 aliphatic heterocycles. The number of rotatable bonds is 3. The van der Waals surface area contributed by atoms with Crippen molar-refractivity contribution in [2.75, 3.05) is 26.2 Å². The molecule has 0 bridgehead atoms. The molecule has 0 atom stereocenters. The molecule has 0 N–H and O–H groups in total. The fourth-order valence-corrected chi connectivity index (χ4v) is 6.51. The van der Waals surface area contributed by atoms with Crippen molar-refractivity contribution in [2.45, 2.75) is 4.21 Å². The summed E-state index contributed by atoms with van der Waals surface area (Å²) >= 11 is 4.49. The van der Waals surface area contributed by atoms with Crippen LogP contribution in [0, 0.1) is 0 Å². The largest absolute Gasteiger partial charge is 0.336 e. The molecule has 0 aliphatic carbocycles. The van der Waals surface area contributed by atoms with Crippen molar-refractivity contribution in [1.29, 1.82) is 0 Å². The molecule has 0 unspecified atom stereocenters. The second-order valence-electron chi connectivity index (χ2n) is 5.87. The number of thiophene rings is 1. The van der Waals surface area contributed by atoms with E-state index in [1.807, 2.05) is 0 Å². The number of imidazole rings is 1. The lowest BCUT2D eigenvalue weighted by atomic mass is 10.2. The van der Waals surface area contributed by atoms with E-state index in [1.165, 1.54) is 15.6 Å². The predicted octanol–water partition coefficient (Wildman–Crippen LogP) is 2.31. The minimum Gasteiger partial charge on any atom is -0.336 e. The Morgan fingerprint density at radius 2 is 1.88 bits per heavy atom. The summed E-state index contributed by atoms with van der Waals surface area (Å²) in [6.07, 6.45) is 5.21. The maximum absolute atomic E-state index is 12.7. The summed E-state index contributed by atoms with van der Waals surface area (Å²) in [4.78, 5) is 18.6. The van der Waals surface area contributed by atoms with Crippen LogP contribution in [0.4, 0.5) is 0 Å². The topological polar surface area (TPSA) is 75.0 Å². The van der Waals surface area contributed by atoms with Gasteiger partial charge in [-0.05, 0) is 40.2 Å². The van der Waals surface area contributed by atoms with Gasteiger partial charge in [-0.2, -0.15) is 4.31 Å². The van der Waals surface area contributed by atoms with Crippen molar-refractivity contribution in [3.05, 3.63) is 52.2 Å². The Bertz CT molecular complexity index is 1070. The summed E-state index contributed by atoms with van der Waals surface area (Å²) in [6.45, 7) is 1.31. The van der Waals surface area contributed by atoms with Crippen molar-refractivity contribution in [3.8, 4) is 0 Å². The van der Waals surface area contributed by atoms with E-state index >= 15 is 0 Å². The van der Waals surface area contributed by atoms with Gasteiger partial charge in [-0.25, -0.2) is 13.4 Å². The summed E-state index contributed by atoms with van der Waals surface area (Å²) in [5.74, 6) is -0.100. The number of pyridine rings is 1. The Hall–Kier alpha value is -1.75. The number of hydrogen-bond acceptors (Lipinski definition) is 5. The van der Waals surface area contributed by atoms with E-state index in [2.05, 4.69) is 20.9 Å². The molecule has 4 rings (SSSR count). The Labute approximate surface area is 163 Å². The molecule has 26 heavy (non-hydrogen) atoms. The van der Waals surface area contributed by atoms with Crippen LogP contribution in [0.15, 0.2) is 50.9 Å². The van der Waals surface area contributed by atoms with Crippen molar-refractivity contribution in [3.63, 3.8) is 0 Å². The molecule has 1 saturated heterocycles. The van der Waals surface area contributed by atoms with Crippen LogP contribution in [0.5, 0.6) is 0 Å². The fraction of sp³-hybridized carbons (Fsp3) is 0.250. The van der Waals surface area contributed by atoms with Crippen molar-refractivity contribution in [2.24, 2.45) is 0 Å². The Balaban J connectivity index is 1.46. The maximum atomic E-state index is 12.7. The van der Waals surface area contributed by atoms with Gasteiger partial charge in [0.05, 0.1) is 9.35 Å². The van der Waals surface area contributed by atoms with Crippen LogP contribution in [-0.4, -0.2) is 59.1 Å². The molecule has 0 saturated carbocycles. The lowest BCUT2D eigenvalue weighted by molar-refractivity contribution is 0.0697. The molecule has 10 heteroatoms. The third kappa shape index (κ3) is 3.18. The van der Waals surface area contributed by atoms with Crippen LogP contribution >= 0.6 is 27.3 Å². The monoisotopic (exact) mass is 454 g/mol. The van der Waals surface area contributed by atoms with Crippen LogP contribution in [0.3, 0.4) is 0 Å². The zero-order valence-electron chi connectivity index (χ0n) is 13.6. The molecule has 0 aromatic carbocycles. The van der Waals surface area contributed by atoms with E-state index in [9.17, 15) is 13.2 Å². The standard InChI is InChI=1S/C16H15BrN4O3S2/c17-13-2-4-15(25-13)26(23,24)21-9-7-19(8-10-21)16(22)12-1-3-14-18-5-6-20(14)11-12/h1-6,11H,7-10H2. The maximum Gasteiger partial charge on any atom is 0.255 e. The average Bonchev–Trinajstić information content (AvgIpc) is 3.29. The summed E-state index contributed by atoms with van der Waals surface area (Å²) < 4.78 is 29.7. The molecule has 3 aromatic rings. The molecule has 1 aliphatic rings. The molecule has 136 valence electrons. The highest BCUT2D eigenvalue weighted by Gasteiger charge is 2.31. The summed E-state index contributed by atoms with van der Waals surface area (Å²) in [6, 6.07) is 6.87. The van der Waals surface area contributed by atoms with E-state index in [4.69, 9.17) is 0 Å². The first-order valence-corrected chi connectivity index (χ1v) is 11.0. The third-order valence-corrected chi connectivity index (χ3v) is 8.29. The number of carbonyl (C=O) groups is 1. The molecule has 1 fully saturated rings. The second-order valence-corrected chi connectivity index (χ2v) is 10.5. The Kier molecular flexibility index (Phi) is 4.59. The first-order chi connectivity index (χ1) is 12.4. The van der Waals surface area contributed by atoms with Gasteiger partial charge in [-0.15, -0.1) is 11.3 Å². The van der Waals surface area contributed by atoms with Gasteiger partial charge in [0.25, 0.3) is 15.9 Å². The molecule has 0 radical (unpaired) electrons. The molecule has 0 spiro atoms. The minimum atomic E-state index is -3.50. The fourth-order valence-electron chi connectivity index (χ4n) is 2.92. The van der Waals surface area contributed by atoms with Crippen molar-refractivity contribution < 1.29 is 13.2 Å². The van der Waals surface area contributed by atoms with Crippen LogP contribution in [-0.2, 0) is 10.0 Å². The molecule has 4 heterocycles. The zero-order valence-corrected chi connectivity index (χ0v) is 16.8.